The van der Waals surface area contributed by atoms with E-state index < -0.39 is 0 Å². The molecular formula is C24H26N2O4S. The van der Waals surface area contributed by atoms with Gasteiger partial charge in [-0.1, -0.05) is 30.3 Å². The molecule has 0 amide bonds. The van der Waals surface area contributed by atoms with Gasteiger partial charge >= 0.3 is 0 Å². The molecule has 0 saturated carbocycles. The fourth-order valence-corrected chi connectivity index (χ4v) is 4.35. The summed E-state index contributed by atoms with van der Waals surface area (Å²) in [5, 5.41) is 3.92. The van der Waals surface area contributed by atoms with Crippen molar-refractivity contribution in [3.05, 3.63) is 64.9 Å². The van der Waals surface area contributed by atoms with E-state index in [0.29, 0.717) is 35.4 Å². The molecule has 0 radical (unpaired) electrons. The molecular weight excluding hydrogens is 412 g/mol. The van der Waals surface area contributed by atoms with Gasteiger partial charge in [0, 0.05) is 24.7 Å². The van der Waals surface area contributed by atoms with E-state index in [0.717, 1.165) is 35.2 Å². The second-order valence-corrected chi connectivity index (χ2v) is 7.99. The Balaban J connectivity index is 1.73. The van der Waals surface area contributed by atoms with E-state index in [2.05, 4.69) is 5.32 Å². The predicted molar refractivity (Wildman–Crippen MR) is 122 cm³/mol. The molecule has 31 heavy (non-hydrogen) atoms. The van der Waals surface area contributed by atoms with Crippen molar-refractivity contribution in [1.82, 2.24) is 10.2 Å². The second kappa shape index (κ2) is 8.98. The molecule has 4 rings (SSSR count). The van der Waals surface area contributed by atoms with Crippen LogP contribution in [0.25, 0.3) is 0 Å². The lowest BCUT2D eigenvalue weighted by atomic mass is 9.85. The molecule has 1 aliphatic carbocycles. The number of ether oxygens (including phenoxy) is 3. The Morgan fingerprint density at radius 2 is 1.77 bits per heavy atom. The average molecular weight is 439 g/mol. The minimum absolute atomic E-state index is 0.149. The van der Waals surface area contributed by atoms with E-state index in [1.54, 1.807) is 14.2 Å². The van der Waals surface area contributed by atoms with Gasteiger partial charge in [0.05, 0.1) is 20.3 Å². The smallest absolute Gasteiger partial charge is 0.203 e. The lowest BCUT2D eigenvalue weighted by Crippen LogP contribution is -2.47. The van der Waals surface area contributed by atoms with Crippen LogP contribution < -0.4 is 19.5 Å². The third kappa shape index (κ3) is 4.10. The van der Waals surface area contributed by atoms with Crippen molar-refractivity contribution in [3.8, 4) is 17.2 Å². The molecule has 0 bridgehead atoms. The Morgan fingerprint density at radius 1 is 1.10 bits per heavy atom. The standard InChI is InChI=1S/C24H26N2O4S/c1-26-17-10-7-11-18(27)21(17)22(25-24(26)31)16-12-19(28-2)23(20(13-16)29-3)30-14-15-8-5-4-6-9-15/h4-6,8-9,12-13,22H,7,10-11,14H2,1-3H3,(H,25,31). The van der Waals surface area contributed by atoms with Crippen LogP contribution in [0.2, 0.25) is 0 Å². The molecule has 7 heteroatoms. The number of ketones is 1. The number of allylic oxidation sites excluding steroid dienone is 1. The van der Waals surface area contributed by atoms with Gasteiger partial charge in [0.25, 0.3) is 0 Å². The number of thiocarbonyl (C=S) groups is 1. The lowest BCUT2D eigenvalue weighted by Gasteiger charge is -2.39. The zero-order chi connectivity index (χ0) is 22.0. The molecule has 0 aromatic heterocycles. The molecule has 2 aromatic rings. The first-order chi connectivity index (χ1) is 15.0. The van der Waals surface area contributed by atoms with Crippen LogP contribution in [0.1, 0.15) is 36.4 Å². The van der Waals surface area contributed by atoms with Crippen molar-refractivity contribution in [3.63, 3.8) is 0 Å². The number of carbonyl (C=O) groups is 1. The molecule has 6 nitrogen and oxygen atoms in total. The van der Waals surface area contributed by atoms with Gasteiger partial charge in [-0.3, -0.25) is 4.79 Å². The quantitative estimate of drug-likeness (QED) is 0.680. The first kappa shape index (κ1) is 21.2. The highest BCUT2D eigenvalue weighted by atomic mass is 32.1. The Morgan fingerprint density at radius 3 is 2.42 bits per heavy atom. The summed E-state index contributed by atoms with van der Waals surface area (Å²) in [4.78, 5) is 14.8. The summed E-state index contributed by atoms with van der Waals surface area (Å²) < 4.78 is 17.3. The van der Waals surface area contributed by atoms with E-state index in [4.69, 9.17) is 26.4 Å². The maximum atomic E-state index is 12.8. The third-order valence-electron chi connectivity index (χ3n) is 5.74. The highest BCUT2D eigenvalue weighted by Gasteiger charge is 2.36. The molecule has 162 valence electrons. The Kier molecular flexibility index (Phi) is 6.13. The Labute approximate surface area is 187 Å². The van der Waals surface area contributed by atoms with Crippen LogP contribution in [0, 0.1) is 0 Å². The highest BCUT2D eigenvalue weighted by Crippen LogP contribution is 2.44. The number of rotatable bonds is 6. The molecule has 1 atom stereocenters. The van der Waals surface area contributed by atoms with E-state index in [-0.39, 0.29) is 11.8 Å². The molecule has 1 aliphatic heterocycles. The number of benzene rings is 2. The summed E-state index contributed by atoms with van der Waals surface area (Å²) in [6.45, 7) is 0.386. The van der Waals surface area contributed by atoms with Gasteiger partial charge in [0.2, 0.25) is 5.75 Å². The first-order valence-corrected chi connectivity index (χ1v) is 10.7. The van der Waals surface area contributed by atoms with Gasteiger partial charge in [0.1, 0.15) is 6.61 Å². The number of methoxy groups -OCH3 is 2. The number of carbonyl (C=O) groups excluding carboxylic acids is 1. The van der Waals surface area contributed by atoms with Crippen LogP contribution in [-0.2, 0) is 11.4 Å². The van der Waals surface area contributed by atoms with E-state index in [9.17, 15) is 4.79 Å². The predicted octanol–water partition coefficient (Wildman–Crippen LogP) is 4.15. The van der Waals surface area contributed by atoms with Crippen LogP contribution in [0.3, 0.4) is 0 Å². The summed E-state index contributed by atoms with van der Waals surface area (Å²) >= 11 is 5.54. The number of nitrogens with one attached hydrogen (secondary N) is 1. The minimum Gasteiger partial charge on any atom is -0.493 e. The summed E-state index contributed by atoms with van der Waals surface area (Å²) in [7, 11) is 5.09. The van der Waals surface area contributed by atoms with Crippen LogP contribution in [0.15, 0.2) is 53.7 Å². The zero-order valence-electron chi connectivity index (χ0n) is 17.9. The van der Waals surface area contributed by atoms with Crippen molar-refractivity contribution in [2.45, 2.75) is 31.9 Å². The summed E-state index contributed by atoms with van der Waals surface area (Å²) in [6, 6.07) is 13.3. The van der Waals surface area contributed by atoms with Gasteiger partial charge in [-0.2, -0.15) is 0 Å². The summed E-state index contributed by atoms with van der Waals surface area (Å²) in [5.74, 6) is 1.76. The Hall–Kier alpha value is -3.06. The molecule has 1 heterocycles. The van der Waals surface area contributed by atoms with Crippen molar-refractivity contribution in [2.75, 3.05) is 21.3 Å². The normalized spacial score (nSPS) is 18.4. The van der Waals surface area contributed by atoms with Crippen LogP contribution >= 0.6 is 12.2 Å². The number of nitrogens with zero attached hydrogens (tertiary/aromatic N) is 1. The number of hydrogen-bond acceptors (Lipinski definition) is 5. The van der Waals surface area contributed by atoms with E-state index in [1.165, 1.54) is 0 Å². The molecule has 0 spiro atoms. The van der Waals surface area contributed by atoms with Crippen molar-refractivity contribution in [1.29, 1.82) is 0 Å². The molecule has 2 aromatic carbocycles. The zero-order valence-corrected chi connectivity index (χ0v) is 18.8. The molecule has 1 N–H and O–H groups in total. The van der Waals surface area contributed by atoms with E-state index >= 15 is 0 Å². The maximum Gasteiger partial charge on any atom is 0.203 e. The van der Waals surface area contributed by atoms with Gasteiger partial charge in [0.15, 0.2) is 22.4 Å². The maximum absolute atomic E-state index is 12.8. The minimum atomic E-state index is -0.350. The number of hydrogen-bond donors (Lipinski definition) is 1. The molecule has 1 unspecified atom stereocenters. The first-order valence-electron chi connectivity index (χ1n) is 10.3. The van der Waals surface area contributed by atoms with Crippen LogP contribution in [-0.4, -0.2) is 37.1 Å². The highest BCUT2D eigenvalue weighted by molar-refractivity contribution is 7.80. The summed E-state index contributed by atoms with van der Waals surface area (Å²) in [5.41, 5.74) is 3.65. The van der Waals surface area contributed by atoms with Gasteiger partial charge < -0.3 is 24.4 Å². The SMILES string of the molecule is COc1cc(C2NC(=S)N(C)C3=C2C(=O)CCC3)cc(OC)c1OCc1ccccc1. The molecule has 2 aliphatic rings. The Bertz CT molecular complexity index is 1010. The second-order valence-electron chi connectivity index (χ2n) is 7.61. The molecule has 0 fully saturated rings. The van der Waals surface area contributed by atoms with Crippen molar-refractivity contribution < 1.29 is 19.0 Å². The van der Waals surface area contributed by atoms with Crippen molar-refractivity contribution >= 4 is 23.1 Å². The van der Waals surface area contributed by atoms with Gasteiger partial charge in [-0.05, 0) is 48.3 Å². The monoisotopic (exact) mass is 438 g/mol. The van der Waals surface area contributed by atoms with Gasteiger partial charge in [-0.25, -0.2) is 0 Å². The lowest BCUT2D eigenvalue weighted by molar-refractivity contribution is -0.116. The fourth-order valence-electron chi connectivity index (χ4n) is 4.13. The third-order valence-corrected chi connectivity index (χ3v) is 6.13. The average Bonchev–Trinajstić information content (AvgIpc) is 2.80. The van der Waals surface area contributed by atoms with Crippen molar-refractivity contribution in [2.24, 2.45) is 0 Å². The van der Waals surface area contributed by atoms with Crippen LogP contribution in [0.5, 0.6) is 17.2 Å². The molecule has 0 saturated heterocycles. The van der Waals surface area contributed by atoms with E-state index in [1.807, 2.05) is 54.4 Å². The summed E-state index contributed by atoms with van der Waals surface area (Å²) in [6.07, 6.45) is 2.23. The number of Topliss-reactive ketones (excluding diaryl/α,β-unsaturated/α-hetero) is 1. The van der Waals surface area contributed by atoms with Gasteiger partial charge in [-0.15, -0.1) is 0 Å². The topological polar surface area (TPSA) is 60.0 Å². The fraction of sp³-hybridized carbons (Fsp3) is 0.333. The van der Waals surface area contributed by atoms with Crippen LogP contribution in [0.4, 0.5) is 0 Å². The largest absolute Gasteiger partial charge is 0.493 e.